The van der Waals surface area contributed by atoms with Crippen LogP contribution in [-0.2, 0) is 13.1 Å². The summed E-state index contributed by atoms with van der Waals surface area (Å²) < 4.78 is 0. The summed E-state index contributed by atoms with van der Waals surface area (Å²) in [5.74, 6) is 0.0740. The highest BCUT2D eigenvalue weighted by atomic mass is 16.6. The van der Waals surface area contributed by atoms with E-state index >= 15 is 0 Å². The Balaban J connectivity index is 1.48. The maximum atomic E-state index is 10.9. The molecular formula is C27H29N5O3. The molecule has 0 saturated heterocycles. The first kappa shape index (κ1) is 24.0. The highest BCUT2D eigenvalue weighted by Crippen LogP contribution is 2.30. The van der Waals surface area contributed by atoms with Gasteiger partial charge in [0.05, 0.1) is 21.9 Å². The van der Waals surface area contributed by atoms with Gasteiger partial charge in [-0.15, -0.1) is 0 Å². The van der Waals surface area contributed by atoms with E-state index in [-0.39, 0.29) is 16.5 Å². The molecule has 0 aliphatic heterocycles. The lowest BCUT2D eigenvalue weighted by Gasteiger charge is -2.22. The molecule has 0 radical (unpaired) electrons. The fraction of sp³-hybridized carbons (Fsp3) is 0.222. The van der Waals surface area contributed by atoms with Crippen LogP contribution in [0.3, 0.4) is 0 Å². The predicted octanol–water partition coefficient (Wildman–Crippen LogP) is 5.92. The summed E-state index contributed by atoms with van der Waals surface area (Å²) >= 11 is 0. The quantitative estimate of drug-likeness (QED) is 0.121. The molecule has 0 unspecified atom stereocenters. The van der Waals surface area contributed by atoms with Crippen molar-refractivity contribution in [1.29, 1.82) is 0 Å². The zero-order valence-corrected chi connectivity index (χ0v) is 19.9. The summed E-state index contributed by atoms with van der Waals surface area (Å²) in [6.45, 7) is 6.40. The summed E-state index contributed by atoms with van der Waals surface area (Å²) in [7, 11) is 0. The fourth-order valence-corrected chi connectivity index (χ4v) is 4.26. The van der Waals surface area contributed by atoms with Crippen molar-refractivity contribution in [3.05, 3.63) is 93.5 Å². The monoisotopic (exact) mass is 471 g/mol. The number of aromatic amines is 1. The molecule has 0 saturated carbocycles. The van der Waals surface area contributed by atoms with E-state index in [1.165, 1.54) is 0 Å². The largest absolute Gasteiger partial charge is 0.494 e. The summed E-state index contributed by atoms with van der Waals surface area (Å²) in [6.07, 6.45) is 1.01. The molecule has 0 atom stereocenters. The van der Waals surface area contributed by atoms with Crippen LogP contribution in [0.1, 0.15) is 37.0 Å². The number of nitrogen functional groups attached to an aromatic ring is 1. The zero-order valence-electron chi connectivity index (χ0n) is 19.9. The Morgan fingerprint density at radius 2 is 1.69 bits per heavy atom. The molecule has 8 heteroatoms. The third-order valence-electron chi connectivity index (χ3n) is 5.90. The van der Waals surface area contributed by atoms with Crippen molar-refractivity contribution in [3.63, 3.8) is 0 Å². The molecule has 1 heterocycles. The van der Waals surface area contributed by atoms with Crippen LogP contribution in [-0.4, -0.2) is 32.2 Å². The maximum absolute atomic E-state index is 10.9. The molecule has 0 aliphatic rings. The molecule has 3 aromatic carbocycles. The van der Waals surface area contributed by atoms with Gasteiger partial charge in [0.15, 0.2) is 5.88 Å². The lowest BCUT2D eigenvalue weighted by Crippen LogP contribution is -2.23. The van der Waals surface area contributed by atoms with Gasteiger partial charge >= 0.3 is 0 Å². The number of H-pyrrole nitrogens is 1. The van der Waals surface area contributed by atoms with Crippen LogP contribution < -0.4 is 5.73 Å². The molecule has 0 fully saturated rings. The SMILES string of the molecule is CCCN(Cc1ccc(N=C(C)c2c(O)[nH]c3ccc(N)cc23)cc1)Cc1ccc([N+](=O)[O-])cc1. The van der Waals surface area contributed by atoms with Crippen molar-refractivity contribution in [3.8, 4) is 5.88 Å². The Hall–Kier alpha value is -4.17. The zero-order chi connectivity index (χ0) is 24.9. The van der Waals surface area contributed by atoms with Gasteiger partial charge in [0.1, 0.15) is 0 Å². The van der Waals surface area contributed by atoms with Gasteiger partial charge in [0, 0.05) is 41.8 Å². The number of benzene rings is 3. The van der Waals surface area contributed by atoms with Crippen LogP contribution in [0.2, 0.25) is 0 Å². The molecular weight excluding hydrogens is 442 g/mol. The molecule has 8 nitrogen and oxygen atoms in total. The van der Waals surface area contributed by atoms with Gasteiger partial charge < -0.3 is 15.8 Å². The molecule has 180 valence electrons. The average molecular weight is 472 g/mol. The number of rotatable bonds is 9. The predicted molar refractivity (Wildman–Crippen MR) is 140 cm³/mol. The van der Waals surface area contributed by atoms with Gasteiger partial charge in [-0.2, -0.15) is 0 Å². The molecule has 1 aromatic heterocycles. The van der Waals surface area contributed by atoms with Crippen molar-refractivity contribution in [2.45, 2.75) is 33.4 Å². The number of hydrogen-bond donors (Lipinski definition) is 3. The number of hydrogen-bond acceptors (Lipinski definition) is 6. The number of non-ortho nitro benzene ring substituents is 1. The Labute approximate surface area is 203 Å². The van der Waals surface area contributed by atoms with Gasteiger partial charge in [0.25, 0.3) is 5.69 Å². The second-order valence-electron chi connectivity index (χ2n) is 8.65. The summed E-state index contributed by atoms with van der Waals surface area (Å²) in [5.41, 5.74) is 11.8. The van der Waals surface area contributed by atoms with Crippen molar-refractivity contribution < 1.29 is 10.0 Å². The Morgan fingerprint density at radius 1 is 1.06 bits per heavy atom. The third kappa shape index (κ3) is 5.67. The van der Waals surface area contributed by atoms with E-state index in [0.717, 1.165) is 47.2 Å². The minimum absolute atomic E-state index is 0.0740. The van der Waals surface area contributed by atoms with E-state index in [9.17, 15) is 15.2 Å². The Morgan fingerprint density at radius 3 is 2.29 bits per heavy atom. The fourth-order valence-electron chi connectivity index (χ4n) is 4.26. The van der Waals surface area contributed by atoms with Crippen molar-refractivity contribution in [2.24, 2.45) is 4.99 Å². The van der Waals surface area contributed by atoms with Gasteiger partial charge in [-0.1, -0.05) is 31.2 Å². The first-order valence-corrected chi connectivity index (χ1v) is 11.5. The van der Waals surface area contributed by atoms with Gasteiger partial charge in [0.2, 0.25) is 0 Å². The van der Waals surface area contributed by atoms with E-state index in [1.54, 1.807) is 18.2 Å². The second kappa shape index (κ2) is 10.4. The van der Waals surface area contributed by atoms with E-state index in [1.807, 2.05) is 43.3 Å². The normalized spacial score (nSPS) is 11.9. The number of aromatic hydroxyl groups is 1. The molecule has 0 spiro atoms. The van der Waals surface area contributed by atoms with Crippen LogP contribution in [0.25, 0.3) is 10.9 Å². The van der Waals surface area contributed by atoms with E-state index in [2.05, 4.69) is 28.9 Å². The standard InChI is InChI=1S/C27H29N5O3/c1-3-14-31(17-20-6-11-23(12-7-20)32(34)35)16-19-4-9-22(10-5-19)29-18(2)26-24-15-21(28)8-13-25(24)30-27(26)33/h4-13,15,30,33H,3,14,16-17,28H2,1-2H3. The number of nitro groups is 1. The summed E-state index contributed by atoms with van der Waals surface area (Å²) in [6, 6.07) is 20.2. The number of nitrogens with zero attached hydrogens (tertiary/aromatic N) is 3. The van der Waals surface area contributed by atoms with E-state index in [4.69, 9.17) is 10.7 Å². The minimum atomic E-state index is -0.380. The number of aliphatic imine (C=N–C) groups is 1. The third-order valence-corrected chi connectivity index (χ3v) is 5.90. The minimum Gasteiger partial charge on any atom is -0.494 e. The highest BCUT2D eigenvalue weighted by Gasteiger charge is 2.14. The first-order valence-electron chi connectivity index (χ1n) is 11.5. The number of aromatic nitrogens is 1. The summed E-state index contributed by atoms with van der Waals surface area (Å²) in [5, 5.41) is 22.1. The smallest absolute Gasteiger partial charge is 0.269 e. The molecule has 0 amide bonds. The second-order valence-corrected chi connectivity index (χ2v) is 8.65. The maximum Gasteiger partial charge on any atom is 0.269 e. The number of fused-ring (bicyclic) bond motifs is 1. The molecule has 0 bridgehead atoms. The Kier molecular flexibility index (Phi) is 7.12. The van der Waals surface area contributed by atoms with Crippen molar-refractivity contribution in [1.82, 2.24) is 9.88 Å². The molecule has 4 N–H and O–H groups in total. The molecule has 35 heavy (non-hydrogen) atoms. The summed E-state index contributed by atoms with van der Waals surface area (Å²) in [4.78, 5) is 20.5. The van der Waals surface area contributed by atoms with Gasteiger partial charge in [-0.05, 0) is 61.3 Å². The number of nitrogens with one attached hydrogen (secondary N) is 1. The van der Waals surface area contributed by atoms with E-state index < -0.39 is 0 Å². The number of nitro benzene ring substituents is 1. The number of anilines is 1. The molecule has 4 aromatic rings. The van der Waals surface area contributed by atoms with Crippen LogP contribution in [0.4, 0.5) is 17.1 Å². The van der Waals surface area contributed by atoms with Crippen LogP contribution in [0.15, 0.2) is 71.7 Å². The lowest BCUT2D eigenvalue weighted by atomic mass is 10.1. The van der Waals surface area contributed by atoms with Crippen molar-refractivity contribution >= 4 is 33.7 Å². The van der Waals surface area contributed by atoms with E-state index in [0.29, 0.717) is 23.5 Å². The average Bonchev–Trinajstić information content (AvgIpc) is 3.15. The van der Waals surface area contributed by atoms with Crippen LogP contribution >= 0.6 is 0 Å². The van der Waals surface area contributed by atoms with Gasteiger partial charge in [-0.3, -0.25) is 20.0 Å². The highest BCUT2D eigenvalue weighted by molar-refractivity contribution is 6.13. The molecule has 0 aliphatic carbocycles. The van der Waals surface area contributed by atoms with Crippen LogP contribution in [0, 0.1) is 10.1 Å². The lowest BCUT2D eigenvalue weighted by molar-refractivity contribution is -0.384. The first-order chi connectivity index (χ1) is 16.8. The topological polar surface area (TPSA) is 121 Å². The van der Waals surface area contributed by atoms with Gasteiger partial charge in [-0.25, -0.2) is 0 Å². The van der Waals surface area contributed by atoms with Crippen LogP contribution in [0.5, 0.6) is 5.88 Å². The molecule has 4 rings (SSSR count). The van der Waals surface area contributed by atoms with Crippen molar-refractivity contribution in [2.75, 3.05) is 12.3 Å². The Bertz CT molecular complexity index is 1360. The number of nitrogens with two attached hydrogens (primary N) is 1.